The molecule has 0 aromatic heterocycles. The molecule has 0 heterocycles. The standard InChI is InChI=1S/C10H13BrClN3O/c1-2-8(10(13)15-16)14-9-5-6(11)3-4-7(9)12/h3-5,8,14,16H,2H2,1H3,(H2,13,15). The highest BCUT2D eigenvalue weighted by Gasteiger charge is 2.13. The van der Waals surface area contributed by atoms with Crippen LogP contribution in [0.25, 0.3) is 0 Å². The summed E-state index contributed by atoms with van der Waals surface area (Å²) in [5.74, 6) is 0.138. The van der Waals surface area contributed by atoms with Gasteiger partial charge in [-0.3, -0.25) is 0 Å². The number of hydrogen-bond acceptors (Lipinski definition) is 3. The molecule has 1 atom stereocenters. The van der Waals surface area contributed by atoms with Gasteiger partial charge in [-0.15, -0.1) is 0 Å². The fourth-order valence-electron chi connectivity index (χ4n) is 1.25. The van der Waals surface area contributed by atoms with E-state index in [1.165, 1.54) is 0 Å². The van der Waals surface area contributed by atoms with Crippen LogP contribution in [0.3, 0.4) is 0 Å². The first-order valence-electron chi connectivity index (χ1n) is 4.77. The van der Waals surface area contributed by atoms with E-state index in [-0.39, 0.29) is 11.9 Å². The van der Waals surface area contributed by atoms with Crippen molar-refractivity contribution in [3.8, 4) is 0 Å². The number of nitrogens with one attached hydrogen (secondary N) is 1. The fraction of sp³-hybridized carbons (Fsp3) is 0.300. The summed E-state index contributed by atoms with van der Waals surface area (Å²) in [6, 6.07) is 5.22. The van der Waals surface area contributed by atoms with Crippen LogP contribution in [-0.4, -0.2) is 17.1 Å². The van der Waals surface area contributed by atoms with Crippen molar-refractivity contribution < 1.29 is 5.21 Å². The second kappa shape index (κ2) is 5.96. The van der Waals surface area contributed by atoms with Gasteiger partial charge in [0.2, 0.25) is 0 Å². The molecule has 1 unspecified atom stereocenters. The third kappa shape index (κ3) is 3.28. The van der Waals surface area contributed by atoms with Crippen LogP contribution < -0.4 is 11.1 Å². The molecule has 0 saturated carbocycles. The lowest BCUT2D eigenvalue weighted by atomic mass is 10.2. The van der Waals surface area contributed by atoms with Crippen LogP contribution in [0.1, 0.15) is 13.3 Å². The average Bonchev–Trinajstić information content (AvgIpc) is 2.29. The van der Waals surface area contributed by atoms with Gasteiger partial charge in [0, 0.05) is 4.47 Å². The van der Waals surface area contributed by atoms with E-state index in [1.807, 2.05) is 19.1 Å². The molecule has 0 aliphatic heterocycles. The smallest absolute Gasteiger partial charge is 0.161 e. The summed E-state index contributed by atoms with van der Waals surface area (Å²) in [4.78, 5) is 0. The van der Waals surface area contributed by atoms with Gasteiger partial charge in [-0.05, 0) is 24.6 Å². The number of amidine groups is 1. The van der Waals surface area contributed by atoms with Crippen molar-refractivity contribution in [1.29, 1.82) is 0 Å². The van der Waals surface area contributed by atoms with E-state index in [4.69, 9.17) is 22.5 Å². The Hall–Kier alpha value is -0.940. The Morgan fingerprint density at radius 3 is 2.94 bits per heavy atom. The molecule has 0 fully saturated rings. The summed E-state index contributed by atoms with van der Waals surface area (Å²) in [5, 5.41) is 15.3. The highest BCUT2D eigenvalue weighted by molar-refractivity contribution is 9.10. The van der Waals surface area contributed by atoms with Crippen LogP contribution in [0, 0.1) is 0 Å². The number of rotatable bonds is 4. The summed E-state index contributed by atoms with van der Waals surface area (Å²) in [7, 11) is 0. The Kier molecular flexibility index (Phi) is 4.89. The number of hydrogen-bond donors (Lipinski definition) is 3. The SMILES string of the molecule is CCC(Nc1cc(Br)ccc1Cl)C(N)=NO. The van der Waals surface area contributed by atoms with E-state index >= 15 is 0 Å². The van der Waals surface area contributed by atoms with Gasteiger partial charge in [0.25, 0.3) is 0 Å². The van der Waals surface area contributed by atoms with Crippen LogP contribution in [-0.2, 0) is 0 Å². The number of benzene rings is 1. The van der Waals surface area contributed by atoms with Gasteiger partial charge >= 0.3 is 0 Å². The molecule has 0 aliphatic carbocycles. The van der Waals surface area contributed by atoms with Crippen LogP contribution in [0.15, 0.2) is 27.8 Å². The summed E-state index contributed by atoms with van der Waals surface area (Å²) in [6.45, 7) is 1.93. The van der Waals surface area contributed by atoms with E-state index in [9.17, 15) is 0 Å². The molecule has 1 rings (SSSR count). The maximum atomic E-state index is 8.62. The zero-order chi connectivity index (χ0) is 12.1. The van der Waals surface area contributed by atoms with Gasteiger partial charge < -0.3 is 16.3 Å². The van der Waals surface area contributed by atoms with Gasteiger partial charge in [-0.25, -0.2) is 0 Å². The zero-order valence-corrected chi connectivity index (χ0v) is 11.1. The zero-order valence-electron chi connectivity index (χ0n) is 8.74. The second-order valence-corrected chi connectivity index (χ2v) is 4.58. The lowest BCUT2D eigenvalue weighted by Gasteiger charge is -2.17. The summed E-state index contributed by atoms with van der Waals surface area (Å²) < 4.78 is 0.911. The topological polar surface area (TPSA) is 70.6 Å². The second-order valence-electron chi connectivity index (χ2n) is 3.25. The molecule has 16 heavy (non-hydrogen) atoms. The minimum atomic E-state index is -0.239. The summed E-state index contributed by atoms with van der Waals surface area (Å²) in [6.07, 6.45) is 0.693. The van der Waals surface area contributed by atoms with Gasteiger partial charge in [-0.1, -0.05) is 39.6 Å². The maximum absolute atomic E-state index is 8.62. The molecule has 0 amide bonds. The van der Waals surface area contributed by atoms with E-state index in [0.717, 1.165) is 10.2 Å². The molecule has 4 nitrogen and oxygen atoms in total. The van der Waals surface area contributed by atoms with E-state index in [0.29, 0.717) is 11.4 Å². The number of oxime groups is 1. The molecule has 0 spiro atoms. The van der Waals surface area contributed by atoms with Crippen molar-refractivity contribution in [3.63, 3.8) is 0 Å². The molecular weight excluding hydrogens is 293 g/mol. The lowest BCUT2D eigenvalue weighted by molar-refractivity contribution is 0.316. The van der Waals surface area contributed by atoms with Crippen molar-refractivity contribution in [2.75, 3.05) is 5.32 Å². The van der Waals surface area contributed by atoms with Crippen molar-refractivity contribution >= 4 is 39.1 Å². The molecule has 0 bridgehead atoms. The van der Waals surface area contributed by atoms with Crippen molar-refractivity contribution in [1.82, 2.24) is 0 Å². The van der Waals surface area contributed by atoms with E-state index in [2.05, 4.69) is 26.4 Å². The Morgan fingerprint density at radius 2 is 2.38 bits per heavy atom. The number of halogens is 2. The predicted molar refractivity (Wildman–Crippen MR) is 70.3 cm³/mol. The third-order valence-electron chi connectivity index (χ3n) is 2.14. The minimum Gasteiger partial charge on any atom is -0.409 e. The molecule has 0 saturated heterocycles. The minimum absolute atomic E-state index is 0.138. The first-order valence-corrected chi connectivity index (χ1v) is 5.94. The van der Waals surface area contributed by atoms with Crippen LogP contribution in [0.4, 0.5) is 5.69 Å². The molecule has 1 aromatic carbocycles. The normalized spacial score (nSPS) is 13.6. The number of nitrogens with two attached hydrogens (primary N) is 1. The Morgan fingerprint density at radius 1 is 1.69 bits per heavy atom. The quantitative estimate of drug-likeness (QED) is 0.346. The molecule has 4 N–H and O–H groups in total. The molecule has 0 radical (unpaired) electrons. The first-order chi connectivity index (χ1) is 7.58. The van der Waals surface area contributed by atoms with Crippen molar-refractivity contribution in [2.24, 2.45) is 10.9 Å². The molecule has 6 heteroatoms. The largest absolute Gasteiger partial charge is 0.409 e. The van der Waals surface area contributed by atoms with Gasteiger partial charge in [-0.2, -0.15) is 0 Å². The molecular formula is C10H13BrClN3O. The fourth-order valence-corrected chi connectivity index (χ4v) is 1.78. The maximum Gasteiger partial charge on any atom is 0.161 e. The van der Waals surface area contributed by atoms with E-state index < -0.39 is 0 Å². The van der Waals surface area contributed by atoms with Crippen LogP contribution in [0.2, 0.25) is 5.02 Å². The monoisotopic (exact) mass is 305 g/mol. The Balaban J connectivity index is 2.89. The first kappa shape index (κ1) is 13.1. The highest BCUT2D eigenvalue weighted by Crippen LogP contribution is 2.26. The molecule has 0 aliphatic rings. The van der Waals surface area contributed by atoms with Crippen LogP contribution in [0.5, 0.6) is 0 Å². The number of nitrogens with zero attached hydrogens (tertiary/aromatic N) is 1. The molecule has 88 valence electrons. The summed E-state index contributed by atoms with van der Waals surface area (Å²) in [5.41, 5.74) is 6.29. The highest BCUT2D eigenvalue weighted by atomic mass is 79.9. The lowest BCUT2D eigenvalue weighted by Crippen LogP contribution is -2.35. The van der Waals surface area contributed by atoms with Crippen LogP contribution >= 0.6 is 27.5 Å². The molecule has 1 aromatic rings. The predicted octanol–water partition coefficient (Wildman–Crippen LogP) is 3.04. The van der Waals surface area contributed by atoms with Crippen molar-refractivity contribution in [2.45, 2.75) is 19.4 Å². The van der Waals surface area contributed by atoms with Gasteiger partial charge in [0.15, 0.2) is 5.84 Å². The Labute approximate surface area is 108 Å². The van der Waals surface area contributed by atoms with Gasteiger partial charge in [0.05, 0.1) is 16.8 Å². The third-order valence-corrected chi connectivity index (χ3v) is 2.96. The summed E-state index contributed by atoms with van der Waals surface area (Å²) >= 11 is 9.37. The Bertz CT molecular complexity index is 398. The van der Waals surface area contributed by atoms with E-state index in [1.54, 1.807) is 6.07 Å². The van der Waals surface area contributed by atoms with Crippen molar-refractivity contribution in [3.05, 3.63) is 27.7 Å². The average molecular weight is 307 g/mol. The van der Waals surface area contributed by atoms with Gasteiger partial charge in [0.1, 0.15) is 0 Å². The number of anilines is 1.